The van der Waals surface area contributed by atoms with E-state index >= 15 is 0 Å². The number of likely N-dealkylation sites (tertiary alicyclic amines) is 3. The minimum atomic E-state index is -4.97. The van der Waals surface area contributed by atoms with Crippen LogP contribution < -0.4 is 74.5 Å². The lowest BCUT2D eigenvalue weighted by Gasteiger charge is -2.29. The number of carbonyl (C=O) groups excluding carboxylic acids is 3. The van der Waals surface area contributed by atoms with Crippen LogP contribution in [-0.4, -0.2) is 206 Å². The summed E-state index contributed by atoms with van der Waals surface area (Å²) in [6.07, 6.45) is -5.79. The molecule has 3 aliphatic rings. The van der Waals surface area contributed by atoms with Gasteiger partial charge in [0.1, 0.15) is 39.8 Å². The van der Waals surface area contributed by atoms with Crippen molar-refractivity contribution in [1.82, 2.24) is 60.6 Å². The minimum absolute atomic E-state index is 0.0303. The lowest BCUT2D eigenvalue weighted by molar-refractivity contribution is -0.140. The van der Waals surface area contributed by atoms with Gasteiger partial charge in [-0.05, 0) is 196 Å². The number of nitrogens with one attached hydrogen (secondary N) is 9. The molecule has 0 unspecified atom stereocenters. The fourth-order valence-electron chi connectivity index (χ4n) is 12.5. The molecule has 33 nitrogen and oxygen atoms in total. The highest BCUT2D eigenvalue weighted by molar-refractivity contribution is 7.92. The molecule has 3 aromatic heterocycles. The third-order valence-corrected chi connectivity index (χ3v) is 21.1. The number of methoxy groups -OCH3 is 3. The predicted octanol–water partition coefficient (Wildman–Crippen LogP) is 14.2. The first-order chi connectivity index (χ1) is 59.2. The lowest BCUT2D eigenvalue weighted by Crippen LogP contribution is -2.43. The number of sulfonamides is 3. The Kier molecular flexibility index (Phi) is 31.4. The number of hydrogen-bond acceptors (Lipinski definition) is 27. The highest BCUT2D eigenvalue weighted by atomic mass is 35.5. The Hall–Kier alpha value is -11.8. The normalized spacial score (nSPS) is 14.7. The van der Waals surface area contributed by atoms with Crippen LogP contribution in [0.2, 0.25) is 10.0 Å². The van der Waals surface area contributed by atoms with Gasteiger partial charge in [0, 0.05) is 64.5 Å². The molecule has 0 spiro atoms. The Labute approximate surface area is 726 Å². The number of rotatable bonds is 27. The van der Waals surface area contributed by atoms with Gasteiger partial charge in [-0.2, -0.15) is 54.5 Å². The Bertz CT molecular complexity index is 5770. The fourth-order valence-corrected chi connectivity index (χ4v) is 14.5. The number of anilines is 9. The van der Waals surface area contributed by atoms with Crippen LogP contribution in [0.5, 0.6) is 52.1 Å². The van der Waals surface area contributed by atoms with E-state index in [0.717, 1.165) is 109 Å². The van der Waals surface area contributed by atoms with Gasteiger partial charge in [-0.1, -0.05) is 29.3 Å². The summed E-state index contributed by atoms with van der Waals surface area (Å²) >= 11 is 12.1. The molecule has 6 aromatic carbocycles. The second-order valence-electron chi connectivity index (χ2n) is 28.8. The number of benzene rings is 6. The molecule has 12 rings (SSSR count). The van der Waals surface area contributed by atoms with Crippen LogP contribution in [0.25, 0.3) is 0 Å². The Morgan fingerprint density at radius 3 is 1.09 bits per heavy atom. The van der Waals surface area contributed by atoms with Crippen molar-refractivity contribution in [3.05, 3.63) is 177 Å². The molecule has 6 heterocycles. The molecule has 9 aromatic rings. The first-order valence-corrected chi connectivity index (χ1v) is 44.1. The van der Waals surface area contributed by atoms with Crippen molar-refractivity contribution < 1.29 is 112 Å². The Morgan fingerprint density at radius 1 is 0.405 bits per heavy atom. The number of hydrogen-bond donors (Lipinski definition) is 9. The van der Waals surface area contributed by atoms with Gasteiger partial charge in [-0.15, -0.1) is 0 Å². The minimum Gasteiger partial charge on any atom is -0.495 e. The summed E-state index contributed by atoms with van der Waals surface area (Å²) in [5, 5.41) is 17.2. The number of piperidine rings is 3. The van der Waals surface area contributed by atoms with E-state index in [1.165, 1.54) is 112 Å². The fraction of sp³-hybridized carbons (Fsp3) is 0.346. The molecule has 48 heteroatoms. The van der Waals surface area contributed by atoms with E-state index in [4.69, 9.17) is 51.6 Å². The Balaban J connectivity index is 0.000000197. The monoisotopic (exact) mass is 1870 g/mol. The zero-order valence-corrected chi connectivity index (χ0v) is 72.2. The molecule has 3 aliphatic heterocycles. The number of alkyl halides is 9. The first-order valence-electron chi connectivity index (χ1n) is 37.7. The van der Waals surface area contributed by atoms with Gasteiger partial charge >= 0.3 is 18.5 Å². The first kappa shape index (κ1) is 96.4. The summed E-state index contributed by atoms with van der Waals surface area (Å²) in [6, 6.07) is 23.9. The molecule has 9 N–H and O–H groups in total. The molecular weight excluding hydrogens is 1790 g/mol. The van der Waals surface area contributed by atoms with Gasteiger partial charge in [-0.3, -0.25) is 28.5 Å². The molecule has 3 amide bonds. The van der Waals surface area contributed by atoms with Crippen LogP contribution in [0.15, 0.2) is 128 Å². The number of ether oxygens (including phenoxy) is 6. The molecule has 0 radical (unpaired) electrons. The third kappa shape index (κ3) is 27.8. The largest absolute Gasteiger partial charge is 0.495 e. The van der Waals surface area contributed by atoms with Gasteiger partial charge in [0.15, 0.2) is 17.2 Å². The number of halogens is 12. The van der Waals surface area contributed by atoms with Crippen molar-refractivity contribution >= 4 is 123 Å². The van der Waals surface area contributed by atoms with Crippen molar-refractivity contribution in [1.29, 1.82) is 0 Å². The van der Waals surface area contributed by atoms with Crippen molar-refractivity contribution in [2.24, 2.45) is 0 Å². The van der Waals surface area contributed by atoms with Crippen LogP contribution in [0.4, 0.5) is 95.9 Å². The van der Waals surface area contributed by atoms with Gasteiger partial charge < -0.3 is 75.0 Å². The van der Waals surface area contributed by atoms with E-state index in [0.29, 0.717) is 41.3 Å². The van der Waals surface area contributed by atoms with E-state index in [-0.39, 0.29) is 121 Å². The molecule has 0 atom stereocenters. The Morgan fingerprint density at radius 2 is 0.738 bits per heavy atom. The van der Waals surface area contributed by atoms with E-state index in [9.17, 15) is 83.5 Å². The summed E-state index contributed by atoms with van der Waals surface area (Å²) in [7, 11) is -1.38. The van der Waals surface area contributed by atoms with Gasteiger partial charge in [-0.25, -0.2) is 44.6 Å². The molecule has 0 saturated carbocycles. The smallest absolute Gasteiger partial charge is 0.423 e. The maximum absolute atomic E-state index is 13.9. The summed E-state index contributed by atoms with van der Waals surface area (Å²) in [4.78, 5) is 67.8. The molecular formula is C78H84Cl2F10N18O15S3. The predicted molar refractivity (Wildman–Crippen MR) is 449 cm³/mol. The molecule has 3 fully saturated rings. The highest BCUT2D eigenvalue weighted by Gasteiger charge is 2.40. The summed E-state index contributed by atoms with van der Waals surface area (Å²) in [5.41, 5.74) is -2.99. The molecule has 0 bridgehead atoms. The van der Waals surface area contributed by atoms with Gasteiger partial charge in [0.2, 0.25) is 65.6 Å². The van der Waals surface area contributed by atoms with E-state index < -0.39 is 100 Å². The zero-order valence-electron chi connectivity index (χ0n) is 68.3. The maximum atomic E-state index is 13.9. The average Bonchev–Trinajstić information content (AvgIpc) is 0.794. The summed E-state index contributed by atoms with van der Waals surface area (Å²) in [5.74, 6) is -6.17. The van der Waals surface area contributed by atoms with Crippen LogP contribution in [0.3, 0.4) is 0 Å². The number of para-hydroxylation sites is 1. The molecule has 3 saturated heterocycles. The maximum Gasteiger partial charge on any atom is 0.423 e. The van der Waals surface area contributed by atoms with Crippen LogP contribution in [0, 0.1) is 5.82 Å². The standard InChI is InChI=1S/2C26H28ClF3N6O5S.C26H28F4N6O5S/c1-36-10-8-17(9-11-36)32-23(37)15-4-6-19(22(12-15)40-2)33-25-31-14-18(26(28,29)30)24(34-25)41-21-7-5-16(27)13-20(21)35-42(3,38)39;1-36-11-9-16(10-12-36)32-23(37)15-7-8-19(21(13-15)40-2)33-25-31-14-17(26(28,29)30)24(34-25)41-22-18(27)5-4-6-20(22)35-42(3,38)39;1-36-10-8-17(9-11-36)32-23(37)15-4-6-19(21(12-15)40-2)33-25-31-14-18(26(28,29)30)24(34-25)41-22-13-16(27)5-7-20(22)35-42(3,38)39/h4-7,12-14,17,35H,8-11H2,1-3H3,(H,32,37)(H,31,33,34);4-8,13-14,16,35H,9-12H2,1-3H3,(H,32,37)(H,31,33,34);4-7,12-14,17,35H,8-11H2,1-3H3,(H,32,37)(H,31,33,34). The molecule has 0 aliphatic carbocycles. The summed E-state index contributed by atoms with van der Waals surface area (Å²) < 4.78 is 247. The third-order valence-electron chi connectivity index (χ3n) is 18.8. The van der Waals surface area contributed by atoms with Crippen molar-refractivity contribution in [2.75, 3.05) is 131 Å². The topological polar surface area (TPSA) is 404 Å². The number of carbonyl (C=O) groups is 3. The van der Waals surface area contributed by atoms with Crippen molar-refractivity contribution in [3.63, 3.8) is 0 Å². The van der Waals surface area contributed by atoms with E-state index in [1.54, 1.807) is 0 Å². The van der Waals surface area contributed by atoms with Crippen molar-refractivity contribution in [2.45, 2.75) is 75.2 Å². The number of nitrogens with zero attached hydrogens (tertiary/aromatic N) is 9. The lowest BCUT2D eigenvalue weighted by atomic mass is 10.0. The van der Waals surface area contributed by atoms with E-state index in [2.05, 4.69) is 90.7 Å². The summed E-state index contributed by atoms with van der Waals surface area (Å²) in [6.45, 7) is 5.24. The number of aromatic nitrogens is 6. The van der Waals surface area contributed by atoms with E-state index in [1.807, 2.05) is 21.1 Å². The second-order valence-corrected chi connectivity index (χ2v) is 34.9. The highest BCUT2D eigenvalue weighted by Crippen LogP contribution is 2.46. The quantitative estimate of drug-likeness (QED) is 0.0216. The van der Waals surface area contributed by atoms with Crippen LogP contribution >= 0.6 is 23.2 Å². The second kappa shape index (κ2) is 41.1. The number of amides is 3. The van der Waals surface area contributed by atoms with Gasteiger partial charge in [0.05, 0.1) is 79.2 Å². The van der Waals surface area contributed by atoms with Crippen LogP contribution in [-0.2, 0) is 48.6 Å². The van der Waals surface area contributed by atoms with Crippen molar-refractivity contribution in [3.8, 4) is 52.1 Å². The zero-order chi connectivity index (χ0) is 92.0. The van der Waals surface area contributed by atoms with Gasteiger partial charge in [0.25, 0.3) is 17.7 Å². The van der Waals surface area contributed by atoms with Crippen LogP contribution in [0.1, 0.15) is 86.3 Å². The molecule has 126 heavy (non-hydrogen) atoms. The molecule has 678 valence electrons. The average molecular weight is 1870 g/mol. The SMILES string of the molecule is COc1cc(C(=O)NC2CCN(C)CC2)ccc1Nc1ncc(C(F)(F)F)c(Oc2c(Cl)cccc2NS(C)(=O)=O)n1.COc1cc(C(=O)NC2CCN(C)CC2)ccc1Nc1ncc(C(F)(F)F)c(Oc2cc(F)ccc2NS(C)(=O)=O)n1.COc1cc(C(=O)NC2CCN(C)CC2)ccc1Nc1ncc(C(F)(F)F)c(Oc2ccc(Cl)cc2NS(C)(=O)=O)n1.